The van der Waals surface area contributed by atoms with Crippen LogP contribution >= 0.6 is 0 Å². The van der Waals surface area contributed by atoms with E-state index in [-0.39, 0.29) is 12.0 Å². The van der Waals surface area contributed by atoms with E-state index in [9.17, 15) is 9.90 Å². The van der Waals surface area contributed by atoms with E-state index in [4.69, 9.17) is 0 Å². The molecule has 0 saturated heterocycles. The van der Waals surface area contributed by atoms with Crippen LogP contribution in [0.25, 0.3) is 0 Å². The molecule has 1 amide bonds. The molecular formula is C11H23NO2. The summed E-state index contributed by atoms with van der Waals surface area (Å²) in [6.45, 7) is 2.15. The molecule has 3 heteroatoms. The van der Waals surface area contributed by atoms with Gasteiger partial charge in [-0.1, -0.05) is 26.2 Å². The van der Waals surface area contributed by atoms with E-state index in [1.807, 2.05) is 0 Å². The molecule has 0 aliphatic rings. The number of unbranched alkanes of at least 4 members (excludes halogenated alkanes) is 2. The van der Waals surface area contributed by atoms with Crippen LogP contribution in [0.3, 0.4) is 0 Å². The second-order valence-electron chi connectivity index (χ2n) is 3.72. The third-order valence-electron chi connectivity index (χ3n) is 2.36. The fourth-order valence-electron chi connectivity index (χ4n) is 1.40. The lowest BCUT2D eigenvalue weighted by molar-refractivity contribution is -0.120. The van der Waals surface area contributed by atoms with Crippen molar-refractivity contribution >= 4 is 5.91 Å². The number of carbonyl (C=O) groups excluding carboxylic acids is 1. The normalized spacial score (nSPS) is 12.5. The molecule has 0 fully saturated rings. The number of hydrogen-bond donors (Lipinski definition) is 2. The predicted octanol–water partition coefficient (Wildman–Crippen LogP) is 1.84. The maximum Gasteiger partial charge on any atom is 0.219 e. The van der Waals surface area contributed by atoms with Gasteiger partial charge in [-0.05, 0) is 19.3 Å². The monoisotopic (exact) mass is 201 g/mol. The van der Waals surface area contributed by atoms with Gasteiger partial charge in [0.1, 0.15) is 0 Å². The quantitative estimate of drug-likeness (QED) is 0.589. The first kappa shape index (κ1) is 13.4. The van der Waals surface area contributed by atoms with Gasteiger partial charge in [-0.15, -0.1) is 0 Å². The van der Waals surface area contributed by atoms with Crippen LogP contribution in [0, 0.1) is 0 Å². The first-order valence-electron chi connectivity index (χ1n) is 5.59. The molecule has 1 atom stereocenters. The molecule has 0 spiro atoms. The molecule has 0 unspecified atom stereocenters. The maximum atomic E-state index is 10.9. The molecule has 0 bridgehead atoms. The Kier molecular flexibility index (Phi) is 8.64. The first-order valence-corrected chi connectivity index (χ1v) is 5.59. The van der Waals surface area contributed by atoms with E-state index in [0.29, 0.717) is 6.42 Å². The Morgan fingerprint density at radius 3 is 2.50 bits per heavy atom. The molecule has 14 heavy (non-hydrogen) atoms. The van der Waals surface area contributed by atoms with Crippen molar-refractivity contribution in [2.24, 2.45) is 0 Å². The zero-order chi connectivity index (χ0) is 10.8. The van der Waals surface area contributed by atoms with Gasteiger partial charge in [-0.3, -0.25) is 4.79 Å². The zero-order valence-electron chi connectivity index (χ0n) is 9.38. The number of aliphatic hydroxyl groups excluding tert-OH is 1. The SMILES string of the molecule is CCCCC[C@H](O)CCCC(=O)NC. The summed E-state index contributed by atoms with van der Waals surface area (Å²) in [7, 11) is 1.64. The minimum absolute atomic E-state index is 0.0609. The fourth-order valence-corrected chi connectivity index (χ4v) is 1.40. The Balaban J connectivity index is 3.26. The number of nitrogens with one attached hydrogen (secondary N) is 1. The van der Waals surface area contributed by atoms with E-state index in [0.717, 1.165) is 25.7 Å². The average Bonchev–Trinajstić information content (AvgIpc) is 2.18. The zero-order valence-corrected chi connectivity index (χ0v) is 9.38. The highest BCUT2D eigenvalue weighted by Gasteiger charge is 2.05. The van der Waals surface area contributed by atoms with Crippen molar-refractivity contribution in [3.8, 4) is 0 Å². The Morgan fingerprint density at radius 2 is 1.93 bits per heavy atom. The highest BCUT2D eigenvalue weighted by atomic mass is 16.3. The van der Waals surface area contributed by atoms with Gasteiger partial charge in [-0.25, -0.2) is 0 Å². The Bertz CT molecular complexity index is 148. The summed E-state index contributed by atoms with van der Waals surface area (Å²) >= 11 is 0. The summed E-state index contributed by atoms with van der Waals surface area (Å²) in [5.74, 6) is 0.0609. The number of aliphatic hydroxyl groups is 1. The van der Waals surface area contributed by atoms with Crippen molar-refractivity contribution in [3.63, 3.8) is 0 Å². The molecule has 0 aromatic rings. The van der Waals surface area contributed by atoms with Crippen LogP contribution in [-0.4, -0.2) is 24.2 Å². The molecule has 0 heterocycles. The second kappa shape index (κ2) is 9.00. The third-order valence-corrected chi connectivity index (χ3v) is 2.36. The van der Waals surface area contributed by atoms with Gasteiger partial charge >= 0.3 is 0 Å². The Labute approximate surface area is 86.9 Å². The van der Waals surface area contributed by atoms with Gasteiger partial charge in [0.05, 0.1) is 6.10 Å². The molecule has 0 aliphatic carbocycles. The smallest absolute Gasteiger partial charge is 0.219 e. The van der Waals surface area contributed by atoms with Crippen LogP contribution in [0.1, 0.15) is 51.9 Å². The molecule has 0 aromatic carbocycles. The topological polar surface area (TPSA) is 49.3 Å². The summed E-state index contributed by atoms with van der Waals surface area (Å²) in [4.78, 5) is 10.9. The second-order valence-corrected chi connectivity index (χ2v) is 3.72. The highest BCUT2D eigenvalue weighted by molar-refractivity contribution is 5.75. The lowest BCUT2D eigenvalue weighted by Gasteiger charge is -2.09. The molecule has 84 valence electrons. The van der Waals surface area contributed by atoms with Crippen molar-refractivity contribution in [2.75, 3.05) is 7.05 Å². The van der Waals surface area contributed by atoms with Crippen LogP contribution in [0.5, 0.6) is 0 Å². The minimum atomic E-state index is -0.216. The van der Waals surface area contributed by atoms with Gasteiger partial charge in [0, 0.05) is 13.5 Å². The standard InChI is InChI=1S/C11H23NO2/c1-3-4-5-7-10(13)8-6-9-11(14)12-2/h10,13H,3-9H2,1-2H3,(H,12,14)/t10-/m0/s1. The van der Waals surface area contributed by atoms with Crippen LogP contribution in [0.15, 0.2) is 0 Å². The predicted molar refractivity (Wildman–Crippen MR) is 58.1 cm³/mol. The van der Waals surface area contributed by atoms with Gasteiger partial charge in [0.15, 0.2) is 0 Å². The lowest BCUT2D eigenvalue weighted by atomic mass is 10.1. The molecule has 0 rings (SSSR count). The summed E-state index contributed by atoms with van der Waals surface area (Å²) in [5, 5.41) is 12.1. The molecule has 0 saturated carbocycles. The molecule has 0 aliphatic heterocycles. The largest absolute Gasteiger partial charge is 0.393 e. The summed E-state index contributed by atoms with van der Waals surface area (Å²) in [6, 6.07) is 0. The van der Waals surface area contributed by atoms with E-state index in [2.05, 4.69) is 12.2 Å². The Morgan fingerprint density at radius 1 is 1.29 bits per heavy atom. The van der Waals surface area contributed by atoms with Crippen LogP contribution in [0.4, 0.5) is 0 Å². The number of carbonyl (C=O) groups is 1. The number of rotatable bonds is 8. The molecule has 3 nitrogen and oxygen atoms in total. The highest BCUT2D eigenvalue weighted by Crippen LogP contribution is 2.09. The van der Waals surface area contributed by atoms with Gasteiger partial charge in [0.2, 0.25) is 5.91 Å². The van der Waals surface area contributed by atoms with Crippen molar-refractivity contribution in [1.82, 2.24) is 5.32 Å². The molecule has 2 N–H and O–H groups in total. The van der Waals surface area contributed by atoms with Crippen molar-refractivity contribution in [1.29, 1.82) is 0 Å². The van der Waals surface area contributed by atoms with Crippen molar-refractivity contribution < 1.29 is 9.90 Å². The fraction of sp³-hybridized carbons (Fsp3) is 0.909. The lowest BCUT2D eigenvalue weighted by Crippen LogP contribution is -2.18. The molecule has 0 radical (unpaired) electrons. The van der Waals surface area contributed by atoms with Crippen LogP contribution in [-0.2, 0) is 4.79 Å². The molecular weight excluding hydrogens is 178 g/mol. The van der Waals surface area contributed by atoms with Crippen LogP contribution in [0.2, 0.25) is 0 Å². The average molecular weight is 201 g/mol. The van der Waals surface area contributed by atoms with Crippen molar-refractivity contribution in [3.05, 3.63) is 0 Å². The van der Waals surface area contributed by atoms with E-state index >= 15 is 0 Å². The summed E-state index contributed by atoms with van der Waals surface area (Å²) in [6.07, 6.45) is 6.19. The van der Waals surface area contributed by atoms with E-state index < -0.39 is 0 Å². The van der Waals surface area contributed by atoms with E-state index in [1.54, 1.807) is 7.05 Å². The van der Waals surface area contributed by atoms with Gasteiger partial charge in [-0.2, -0.15) is 0 Å². The van der Waals surface area contributed by atoms with Crippen molar-refractivity contribution in [2.45, 2.75) is 58.0 Å². The number of amides is 1. The minimum Gasteiger partial charge on any atom is -0.393 e. The maximum absolute atomic E-state index is 10.9. The van der Waals surface area contributed by atoms with Crippen LogP contribution < -0.4 is 5.32 Å². The van der Waals surface area contributed by atoms with Gasteiger partial charge in [0.25, 0.3) is 0 Å². The molecule has 0 aromatic heterocycles. The summed E-state index contributed by atoms with van der Waals surface area (Å²) in [5.41, 5.74) is 0. The van der Waals surface area contributed by atoms with E-state index in [1.165, 1.54) is 12.8 Å². The third kappa shape index (κ3) is 8.05. The first-order chi connectivity index (χ1) is 6.70. The summed E-state index contributed by atoms with van der Waals surface area (Å²) < 4.78 is 0. The number of hydrogen-bond acceptors (Lipinski definition) is 2. The van der Waals surface area contributed by atoms with Gasteiger partial charge < -0.3 is 10.4 Å². The Hall–Kier alpha value is -0.570.